The molecule has 0 radical (unpaired) electrons. The first-order valence-corrected chi connectivity index (χ1v) is 8.84. The van der Waals surface area contributed by atoms with Crippen molar-refractivity contribution in [2.24, 2.45) is 16.7 Å². The fraction of sp³-hybridized carbons (Fsp3) is 0.214. The molecule has 14 heteroatoms. The van der Waals surface area contributed by atoms with E-state index in [-0.39, 0.29) is 17.6 Å². The average molecular weight is 411 g/mol. The highest BCUT2D eigenvalue weighted by Crippen LogP contribution is 2.26. The van der Waals surface area contributed by atoms with E-state index < -0.39 is 32.8 Å². The molecule has 0 saturated heterocycles. The van der Waals surface area contributed by atoms with Gasteiger partial charge in [-0.25, -0.2) is 13.2 Å². The molecular weight excluding hydrogens is 394 g/mol. The summed E-state index contributed by atoms with van der Waals surface area (Å²) in [5.74, 6) is 3.10. The molecule has 1 aromatic carbocycles. The van der Waals surface area contributed by atoms with E-state index in [4.69, 9.17) is 21.1 Å². The van der Waals surface area contributed by atoms with Gasteiger partial charge in [-0.05, 0) is 12.1 Å². The van der Waals surface area contributed by atoms with Gasteiger partial charge in [0.25, 0.3) is 16.0 Å². The standard InChI is InChI=1S/C14H17N7O6S/c1-25-10(22)8-6-4-5-7-9(8)28(23,24)21(11(15)20-16)12-17-13(26-2)19-14(18-12)27-3/h4-7H,16H2,1-3H3,(H2,15,20). The number of rotatable bonds is 6. The first kappa shape index (κ1) is 20.6. The monoisotopic (exact) mass is 411 g/mol. The smallest absolute Gasteiger partial charge is 0.339 e. The summed E-state index contributed by atoms with van der Waals surface area (Å²) in [5, 5.41) is 3.21. The molecule has 13 nitrogen and oxygen atoms in total. The molecule has 2 rings (SSSR count). The van der Waals surface area contributed by atoms with Gasteiger partial charge < -0.3 is 25.8 Å². The molecule has 0 unspecified atom stereocenters. The molecule has 0 atom stereocenters. The lowest BCUT2D eigenvalue weighted by Crippen LogP contribution is -2.44. The molecule has 150 valence electrons. The highest BCUT2D eigenvalue weighted by Gasteiger charge is 2.35. The molecule has 0 saturated carbocycles. The van der Waals surface area contributed by atoms with Crippen LogP contribution in [0.2, 0.25) is 0 Å². The molecular formula is C14H17N7O6S. The summed E-state index contributed by atoms with van der Waals surface area (Å²) in [4.78, 5) is 23.0. The Bertz CT molecular complexity index is 989. The number of sulfonamides is 1. The zero-order valence-corrected chi connectivity index (χ0v) is 15.9. The van der Waals surface area contributed by atoms with Crippen LogP contribution in [0.4, 0.5) is 5.95 Å². The van der Waals surface area contributed by atoms with Crippen LogP contribution in [0.1, 0.15) is 10.4 Å². The van der Waals surface area contributed by atoms with Crippen LogP contribution < -0.4 is 25.4 Å². The van der Waals surface area contributed by atoms with E-state index >= 15 is 0 Å². The van der Waals surface area contributed by atoms with Gasteiger partial charge in [0.2, 0.25) is 5.96 Å². The van der Waals surface area contributed by atoms with Crippen molar-refractivity contribution < 1.29 is 27.4 Å². The zero-order valence-electron chi connectivity index (χ0n) is 15.1. The summed E-state index contributed by atoms with van der Waals surface area (Å²) in [7, 11) is -0.948. The molecule has 0 bridgehead atoms. The second kappa shape index (κ2) is 8.34. The predicted molar refractivity (Wildman–Crippen MR) is 96.2 cm³/mol. The fourth-order valence-electron chi connectivity index (χ4n) is 2.06. The van der Waals surface area contributed by atoms with Gasteiger partial charge in [0.1, 0.15) is 4.90 Å². The number of anilines is 1. The maximum atomic E-state index is 13.3. The average Bonchev–Trinajstić information content (AvgIpc) is 2.72. The molecule has 0 amide bonds. The van der Waals surface area contributed by atoms with Crippen LogP contribution >= 0.6 is 0 Å². The minimum absolute atomic E-state index is 0.243. The zero-order chi connectivity index (χ0) is 20.9. The van der Waals surface area contributed by atoms with E-state index in [0.29, 0.717) is 4.31 Å². The molecule has 1 heterocycles. The number of aromatic nitrogens is 3. The van der Waals surface area contributed by atoms with Crippen LogP contribution in [0.25, 0.3) is 0 Å². The van der Waals surface area contributed by atoms with Gasteiger partial charge in [-0.15, -0.1) is 10.1 Å². The minimum Gasteiger partial charge on any atom is -0.467 e. The van der Waals surface area contributed by atoms with Crippen molar-refractivity contribution in [3.8, 4) is 12.0 Å². The maximum Gasteiger partial charge on any atom is 0.339 e. The largest absolute Gasteiger partial charge is 0.467 e. The molecule has 1 aromatic heterocycles. The van der Waals surface area contributed by atoms with E-state index in [1.807, 2.05) is 0 Å². The van der Waals surface area contributed by atoms with Crippen LogP contribution in [-0.2, 0) is 14.8 Å². The van der Waals surface area contributed by atoms with Crippen LogP contribution in [0.5, 0.6) is 12.0 Å². The summed E-state index contributed by atoms with van der Waals surface area (Å²) < 4.78 is 41.5. The quantitative estimate of drug-likeness (QED) is 0.196. The van der Waals surface area contributed by atoms with Gasteiger partial charge in [0.15, 0.2) is 0 Å². The number of hydrogen-bond donors (Lipinski definition) is 2. The summed E-state index contributed by atoms with van der Waals surface area (Å²) in [6.07, 6.45) is 0. The Morgan fingerprint density at radius 3 is 2.14 bits per heavy atom. The van der Waals surface area contributed by atoms with Gasteiger partial charge >= 0.3 is 18.0 Å². The lowest BCUT2D eigenvalue weighted by atomic mass is 10.2. The number of carbonyl (C=O) groups excluding carboxylic acids is 1. The number of ether oxygens (including phenoxy) is 3. The minimum atomic E-state index is -4.57. The normalized spacial score (nSPS) is 11.6. The van der Waals surface area contributed by atoms with Gasteiger partial charge in [-0.2, -0.15) is 14.3 Å². The van der Waals surface area contributed by atoms with Crippen LogP contribution in [-0.4, -0.2) is 56.6 Å². The van der Waals surface area contributed by atoms with Crippen molar-refractivity contribution in [2.45, 2.75) is 4.90 Å². The highest BCUT2D eigenvalue weighted by molar-refractivity contribution is 7.93. The third kappa shape index (κ3) is 3.85. The van der Waals surface area contributed by atoms with Crippen molar-refractivity contribution in [3.63, 3.8) is 0 Å². The Hall–Kier alpha value is -3.68. The molecule has 2 aromatic rings. The number of methoxy groups -OCH3 is 3. The maximum absolute atomic E-state index is 13.3. The van der Waals surface area contributed by atoms with Crippen LogP contribution in [0.3, 0.4) is 0 Å². The Kier molecular flexibility index (Phi) is 6.15. The number of esters is 1. The summed E-state index contributed by atoms with van der Waals surface area (Å²) in [6.45, 7) is 0. The molecule has 0 spiro atoms. The Labute approximate surface area is 160 Å². The number of nitrogens with two attached hydrogens (primary N) is 2. The first-order chi connectivity index (χ1) is 13.3. The number of benzene rings is 1. The molecule has 4 N–H and O–H groups in total. The van der Waals surface area contributed by atoms with E-state index in [2.05, 4.69) is 24.8 Å². The summed E-state index contributed by atoms with van der Waals surface area (Å²) >= 11 is 0. The van der Waals surface area contributed by atoms with E-state index in [1.165, 1.54) is 38.5 Å². The molecule has 0 aliphatic carbocycles. The topological polar surface area (TPSA) is 185 Å². The van der Waals surface area contributed by atoms with Crippen molar-refractivity contribution in [2.75, 3.05) is 25.6 Å². The Balaban J connectivity index is 2.77. The fourth-order valence-corrected chi connectivity index (χ4v) is 3.52. The van der Waals surface area contributed by atoms with Crippen molar-refractivity contribution in [3.05, 3.63) is 29.8 Å². The number of hydrogen-bond acceptors (Lipinski definition) is 11. The van der Waals surface area contributed by atoms with Crippen LogP contribution in [0, 0.1) is 0 Å². The lowest BCUT2D eigenvalue weighted by molar-refractivity contribution is 0.0596. The third-order valence-electron chi connectivity index (χ3n) is 3.28. The second-order valence-corrected chi connectivity index (χ2v) is 6.61. The SMILES string of the molecule is COC(=O)c1ccccc1S(=O)(=O)N(C(N)=NN)c1nc(OC)nc(OC)n1. The van der Waals surface area contributed by atoms with Gasteiger partial charge in [0.05, 0.1) is 26.9 Å². The van der Waals surface area contributed by atoms with Crippen molar-refractivity contribution in [1.29, 1.82) is 0 Å². The van der Waals surface area contributed by atoms with Crippen LogP contribution in [0.15, 0.2) is 34.3 Å². The second-order valence-electron chi connectivity index (χ2n) is 4.85. The number of hydrazone groups is 1. The number of guanidine groups is 1. The summed E-state index contributed by atoms with van der Waals surface area (Å²) in [6, 6.07) is 4.79. The van der Waals surface area contributed by atoms with E-state index in [1.54, 1.807) is 0 Å². The number of nitrogens with zero attached hydrogens (tertiary/aromatic N) is 5. The predicted octanol–water partition coefficient (Wildman–Crippen LogP) is -0.941. The first-order valence-electron chi connectivity index (χ1n) is 7.40. The summed E-state index contributed by atoms with van der Waals surface area (Å²) in [5.41, 5.74) is 5.45. The Morgan fingerprint density at radius 2 is 1.64 bits per heavy atom. The molecule has 0 aliphatic heterocycles. The highest BCUT2D eigenvalue weighted by atomic mass is 32.2. The molecule has 28 heavy (non-hydrogen) atoms. The van der Waals surface area contributed by atoms with Crippen molar-refractivity contribution >= 4 is 27.9 Å². The molecule has 0 aliphatic rings. The van der Waals surface area contributed by atoms with E-state index in [9.17, 15) is 13.2 Å². The van der Waals surface area contributed by atoms with E-state index in [0.717, 1.165) is 7.11 Å². The van der Waals surface area contributed by atoms with Gasteiger partial charge in [-0.3, -0.25) is 0 Å². The number of carbonyl (C=O) groups is 1. The Morgan fingerprint density at radius 1 is 1.07 bits per heavy atom. The van der Waals surface area contributed by atoms with Gasteiger partial charge in [-0.1, -0.05) is 12.1 Å². The van der Waals surface area contributed by atoms with Crippen molar-refractivity contribution in [1.82, 2.24) is 15.0 Å². The lowest BCUT2D eigenvalue weighted by Gasteiger charge is -2.22. The van der Waals surface area contributed by atoms with Gasteiger partial charge in [0, 0.05) is 0 Å². The third-order valence-corrected chi connectivity index (χ3v) is 5.02. The molecule has 0 fully saturated rings.